The van der Waals surface area contributed by atoms with Gasteiger partial charge >= 0.3 is 5.82 Å². The molecule has 0 bridgehead atoms. The average Bonchev–Trinajstić information content (AvgIpc) is 2.47. The van der Waals surface area contributed by atoms with Crippen molar-refractivity contribution in [2.45, 2.75) is 0 Å². The minimum Gasteiger partial charge on any atom is -0.358 e. The van der Waals surface area contributed by atoms with E-state index in [0.717, 1.165) is 0 Å². The second-order valence-corrected chi connectivity index (χ2v) is 2.22. The average molecular weight is 162 g/mol. The number of hydrogen-bond acceptors (Lipinski definition) is 3. The highest BCUT2D eigenvalue weighted by atomic mass is 16.6. The minimum absolute atomic E-state index is 0.0643. The lowest BCUT2D eigenvalue weighted by Crippen LogP contribution is -1.92. The molecule has 0 amide bonds. The van der Waals surface area contributed by atoms with Gasteiger partial charge in [-0.3, -0.25) is 0 Å². The van der Waals surface area contributed by atoms with Crippen molar-refractivity contribution in [2.24, 2.45) is 0 Å². The van der Waals surface area contributed by atoms with E-state index in [1.807, 2.05) is 0 Å². The van der Waals surface area contributed by atoms with Crippen molar-refractivity contribution in [2.75, 3.05) is 0 Å². The van der Waals surface area contributed by atoms with Crippen molar-refractivity contribution in [1.29, 1.82) is 0 Å². The monoisotopic (exact) mass is 162 g/mol. The quantitative estimate of drug-likeness (QED) is 0.465. The fraction of sp³-hybridized carbons (Fsp3) is 0. The van der Waals surface area contributed by atoms with E-state index < -0.39 is 4.92 Å². The molecule has 0 aliphatic rings. The fourth-order valence-electron chi connectivity index (χ4n) is 0.987. The number of nitrogens with zero attached hydrogens (tertiary/aromatic N) is 3. The van der Waals surface area contributed by atoms with Crippen LogP contribution < -0.4 is 0 Å². The first-order chi connectivity index (χ1) is 5.79. The van der Waals surface area contributed by atoms with Crippen molar-refractivity contribution in [3.63, 3.8) is 0 Å². The van der Waals surface area contributed by atoms with Crippen LogP contribution in [0.2, 0.25) is 0 Å². The molecular formula is C7H4N3O2. The molecule has 0 fully saturated rings. The van der Waals surface area contributed by atoms with Crippen LogP contribution in [0.1, 0.15) is 0 Å². The Morgan fingerprint density at radius 2 is 2.50 bits per heavy atom. The molecule has 59 valence electrons. The summed E-state index contributed by atoms with van der Waals surface area (Å²) in [6, 6.07) is 5.01. The third-order valence-electron chi connectivity index (χ3n) is 1.50. The van der Waals surface area contributed by atoms with E-state index in [4.69, 9.17) is 0 Å². The maximum Gasteiger partial charge on any atom is 0.348 e. The number of hydrogen-bond donors (Lipinski definition) is 0. The Bertz CT molecular complexity index is 435. The fourth-order valence-corrected chi connectivity index (χ4v) is 0.987. The molecule has 2 rings (SSSR count). The Kier molecular flexibility index (Phi) is 1.30. The topological polar surface area (TPSA) is 60.4 Å². The normalized spacial score (nSPS) is 10.3. The first-order valence-corrected chi connectivity index (χ1v) is 3.27. The number of fused-ring (bicyclic) bond motifs is 1. The standard InChI is InChI=1S/C7H4N3O2/c11-10(12)7-5-8-6-3-1-2-4-9(6)7/h1-3,5H. The lowest BCUT2D eigenvalue weighted by Gasteiger charge is -1.89. The highest BCUT2D eigenvalue weighted by molar-refractivity contribution is 5.43. The van der Waals surface area contributed by atoms with Crippen LogP contribution in [-0.4, -0.2) is 14.3 Å². The number of rotatable bonds is 1. The van der Waals surface area contributed by atoms with Gasteiger partial charge in [0.2, 0.25) is 5.65 Å². The predicted octanol–water partition coefficient (Wildman–Crippen LogP) is 1.04. The van der Waals surface area contributed by atoms with E-state index in [9.17, 15) is 10.1 Å². The smallest absolute Gasteiger partial charge is 0.348 e. The highest BCUT2D eigenvalue weighted by Crippen LogP contribution is 2.12. The first kappa shape index (κ1) is 6.78. The summed E-state index contributed by atoms with van der Waals surface area (Å²) in [6.07, 6.45) is 3.91. The molecule has 0 spiro atoms. The summed E-state index contributed by atoms with van der Waals surface area (Å²) < 4.78 is 1.31. The van der Waals surface area contributed by atoms with Gasteiger partial charge in [-0.25, -0.2) is 4.98 Å². The molecule has 0 unspecified atom stereocenters. The lowest BCUT2D eigenvalue weighted by atomic mass is 10.5. The van der Waals surface area contributed by atoms with Crippen LogP contribution in [0.5, 0.6) is 0 Å². The largest absolute Gasteiger partial charge is 0.358 e. The molecule has 1 radical (unpaired) electrons. The van der Waals surface area contributed by atoms with Crippen molar-refractivity contribution >= 4 is 11.5 Å². The van der Waals surface area contributed by atoms with Crippen LogP contribution >= 0.6 is 0 Å². The van der Waals surface area contributed by atoms with Crippen LogP contribution in [0.4, 0.5) is 5.82 Å². The van der Waals surface area contributed by atoms with E-state index in [0.29, 0.717) is 5.65 Å². The van der Waals surface area contributed by atoms with Crippen LogP contribution in [0.25, 0.3) is 5.65 Å². The molecule has 0 atom stereocenters. The molecular weight excluding hydrogens is 158 g/mol. The van der Waals surface area contributed by atoms with Crippen molar-refractivity contribution in [3.8, 4) is 0 Å². The Morgan fingerprint density at radius 3 is 3.25 bits per heavy atom. The summed E-state index contributed by atoms with van der Waals surface area (Å²) in [5, 5.41) is 10.4. The van der Waals surface area contributed by atoms with E-state index in [1.165, 1.54) is 10.6 Å². The van der Waals surface area contributed by atoms with Crippen LogP contribution in [0.3, 0.4) is 0 Å². The van der Waals surface area contributed by atoms with Crippen molar-refractivity contribution < 1.29 is 4.92 Å². The van der Waals surface area contributed by atoms with Crippen LogP contribution in [-0.2, 0) is 0 Å². The second-order valence-electron chi connectivity index (χ2n) is 2.22. The summed E-state index contributed by atoms with van der Waals surface area (Å²) in [6.45, 7) is 0. The van der Waals surface area contributed by atoms with Gasteiger partial charge in [0.05, 0.1) is 0 Å². The van der Waals surface area contributed by atoms with Crippen LogP contribution in [0, 0.1) is 16.3 Å². The van der Waals surface area contributed by atoms with Gasteiger partial charge in [0.25, 0.3) is 0 Å². The Hall–Kier alpha value is -1.91. The third kappa shape index (κ3) is 0.833. The zero-order valence-electron chi connectivity index (χ0n) is 5.97. The van der Waals surface area contributed by atoms with Gasteiger partial charge in [0.15, 0.2) is 6.20 Å². The van der Waals surface area contributed by atoms with Crippen LogP contribution in [0.15, 0.2) is 24.4 Å². The molecule has 0 aliphatic heterocycles. The van der Waals surface area contributed by atoms with Crippen molar-refractivity contribution in [3.05, 3.63) is 40.7 Å². The molecule has 0 saturated carbocycles. The van der Waals surface area contributed by atoms with Gasteiger partial charge in [0, 0.05) is 6.07 Å². The summed E-state index contributed by atoms with van der Waals surface area (Å²) in [5.41, 5.74) is 0.532. The molecule has 0 saturated heterocycles. The molecule has 0 aromatic carbocycles. The summed E-state index contributed by atoms with van der Waals surface area (Å²) in [4.78, 5) is 13.7. The predicted molar refractivity (Wildman–Crippen MR) is 40.7 cm³/mol. The lowest BCUT2D eigenvalue weighted by molar-refractivity contribution is -0.390. The Morgan fingerprint density at radius 1 is 1.67 bits per heavy atom. The maximum absolute atomic E-state index is 10.4. The zero-order chi connectivity index (χ0) is 8.55. The molecule has 2 aromatic rings. The Balaban J connectivity index is 2.79. The molecule has 2 aromatic heterocycles. The minimum atomic E-state index is -0.490. The van der Waals surface area contributed by atoms with E-state index in [1.54, 1.807) is 18.2 Å². The van der Waals surface area contributed by atoms with Gasteiger partial charge in [-0.05, 0) is 11.0 Å². The number of pyridine rings is 1. The second kappa shape index (κ2) is 2.30. The number of nitro groups is 1. The summed E-state index contributed by atoms with van der Waals surface area (Å²) in [7, 11) is 0. The third-order valence-corrected chi connectivity index (χ3v) is 1.50. The van der Waals surface area contributed by atoms with Gasteiger partial charge < -0.3 is 10.1 Å². The van der Waals surface area contributed by atoms with Gasteiger partial charge in [-0.15, -0.1) is 0 Å². The molecule has 5 nitrogen and oxygen atoms in total. The maximum atomic E-state index is 10.4. The van der Waals surface area contributed by atoms with E-state index >= 15 is 0 Å². The molecule has 12 heavy (non-hydrogen) atoms. The number of aromatic nitrogens is 2. The van der Waals surface area contributed by atoms with Gasteiger partial charge in [-0.2, -0.15) is 4.40 Å². The van der Waals surface area contributed by atoms with Gasteiger partial charge in [-0.1, -0.05) is 6.07 Å². The van der Waals surface area contributed by atoms with Crippen molar-refractivity contribution in [1.82, 2.24) is 9.38 Å². The molecule has 0 N–H and O–H groups in total. The molecule has 5 heteroatoms. The SMILES string of the molecule is O=[N+]([O-])c1cnc2ccc[c]n12. The number of imidazole rings is 1. The first-order valence-electron chi connectivity index (χ1n) is 3.27. The van der Waals surface area contributed by atoms with Gasteiger partial charge in [0.1, 0.15) is 6.20 Å². The Labute approximate surface area is 67.4 Å². The summed E-state index contributed by atoms with van der Waals surface area (Å²) in [5.74, 6) is -0.0643. The summed E-state index contributed by atoms with van der Waals surface area (Å²) >= 11 is 0. The molecule has 2 heterocycles. The highest BCUT2D eigenvalue weighted by Gasteiger charge is 2.11. The van der Waals surface area contributed by atoms with E-state index in [-0.39, 0.29) is 5.82 Å². The zero-order valence-corrected chi connectivity index (χ0v) is 5.97. The molecule has 0 aliphatic carbocycles. The van der Waals surface area contributed by atoms with E-state index in [2.05, 4.69) is 11.2 Å².